The quantitative estimate of drug-likeness (QED) is 0.567. The summed E-state index contributed by atoms with van der Waals surface area (Å²) in [7, 11) is 0. The number of hydrogen-bond acceptors (Lipinski definition) is 1. The Labute approximate surface area is 56.6 Å². The van der Waals surface area contributed by atoms with Gasteiger partial charge in [0.1, 0.15) is 0 Å². The van der Waals surface area contributed by atoms with E-state index in [0.29, 0.717) is 0 Å². The topological polar surface area (TPSA) is 26.0 Å². The van der Waals surface area contributed by atoms with Gasteiger partial charge in [0.2, 0.25) is 0 Å². The van der Waals surface area contributed by atoms with Gasteiger partial charge in [-0.15, -0.1) is 0 Å². The van der Waals surface area contributed by atoms with Crippen molar-refractivity contribution in [3.63, 3.8) is 0 Å². The van der Waals surface area contributed by atoms with Gasteiger partial charge in [-0.25, -0.2) is 0 Å². The lowest BCUT2D eigenvalue weighted by molar-refractivity contribution is 0.926. The van der Waals surface area contributed by atoms with Crippen LogP contribution in [0, 0.1) is 0 Å². The third-order valence-electron chi connectivity index (χ3n) is 0.773. The van der Waals surface area contributed by atoms with E-state index in [9.17, 15) is 0 Å². The molecule has 1 unspecified atom stereocenters. The van der Waals surface area contributed by atoms with Crippen molar-refractivity contribution in [3.8, 4) is 0 Å². The number of rotatable bonds is 3. The number of nitrogens with two attached hydrogens (primary N) is 1. The number of allylic oxidation sites excluding steroid dienone is 4. The molecule has 1 nitrogen and oxygen atoms in total. The fourth-order valence-corrected chi connectivity index (χ4v) is 0.382. The first-order chi connectivity index (χ1) is 4.27. The van der Waals surface area contributed by atoms with Gasteiger partial charge < -0.3 is 5.73 Å². The Morgan fingerprint density at radius 2 is 2.00 bits per heavy atom. The van der Waals surface area contributed by atoms with Gasteiger partial charge >= 0.3 is 0 Å². The van der Waals surface area contributed by atoms with Crippen molar-refractivity contribution >= 4 is 0 Å². The maximum atomic E-state index is 5.43. The predicted octanol–water partition coefficient (Wildman–Crippen LogP) is 1.63. The molecule has 9 heavy (non-hydrogen) atoms. The second-order valence-electron chi connectivity index (χ2n) is 1.86. The van der Waals surface area contributed by atoms with E-state index in [1.165, 1.54) is 0 Å². The molecule has 0 heterocycles. The summed E-state index contributed by atoms with van der Waals surface area (Å²) in [5.41, 5.74) is 5.43. The minimum atomic E-state index is 0.138. The summed E-state index contributed by atoms with van der Waals surface area (Å²) in [6, 6.07) is 0.138. The molecule has 0 aromatic carbocycles. The minimum Gasteiger partial charge on any atom is -0.325 e. The molecule has 50 valence electrons. The zero-order chi connectivity index (χ0) is 7.11. The second-order valence-corrected chi connectivity index (χ2v) is 1.86. The van der Waals surface area contributed by atoms with Crippen LogP contribution in [0.25, 0.3) is 0 Å². The maximum Gasteiger partial charge on any atom is 0.0197 e. The van der Waals surface area contributed by atoms with Gasteiger partial charge in [0.05, 0.1) is 0 Å². The lowest BCUT2D eigenvalue weighted by Crippen LogP contribution is -2.09. The van der Waals surface area contributed by atoms with Crippen molar-refractivity contribution in [1.29, 1.82) is 0 Å². The van der Waals surface area contributed by atoms with Crippen LogP contribution in [-0.4, -0.2) is 6.04 Å². The Morgan fingerprint density at radius 3 is 2.44 bits per heavy atom. The third-order valence-corrected chi connectivity index (χ3v) is 0.773. The molecule has 0 aliphatic heterocycles. The molecule has 0 aromatic heterocycles. The molecule has 0 fully saturated rings. The summed E-state index contributed by atoms with van der Waals surface area (Å²) in [5, 5.41) is 0. The molecule has 0 rings (SSSR count). The Hall–Kier alpha value is -0.820. The highest BCUT2D eigenvalue weighted by molar-refractivity contribution is 5.10. The lowest BCUT2D eigenvalue weighted by Gasteiger charge is -1.89. The lowest BCUT2D eigenvalue weighted by atomic mass is 10.3. The van der Waals surface area contributed by atoms with Gasteiger partial charge in [-0.2, -0.15) is 0 Å². The highest BCUT2D eigenvalue weighted by Crippen LogP contribution is 1.80. The van der Waals surface area contributed by atoms with Gasteiger partial charge in [0, 0.05) is 6.04 Å². The zero-order valence-corrected chi connectivity index (χ0v) is 5.75. The molecular formula is C8H13N. The molecule has 0 radical (unpaired) electrons. The monoisotopic (exact) mass is 123 g/mol. The van der Waals surface area contributed by atoms with Crippen LogP contribution in [0.3, 0.4) is 0 Å². The summed E-state index contributed by atoms with van der Waals surface area (Å²) in [6.07, 6.45) is 9.31. The molecule has 0 aliphatic rings. The van der Waals surface area contributed by atoms with Crippen LogP contribution < -0.4 is 5.73 Å². The van der Waals surface area contributed by atoms with Gasteiger partial charge in [-0.1, -0.05) is 37.0 Å². The van der Waals surface area contributed by atoms with Crippen molar-refractivity contribution < 1.29 is 0 Å². The van der Waals surface area contributed by atoms with Crippen LogP contribution in [0.2, 0.25) is 0 Å². The molecule has 1 atom stereocenters. The van der Waals surface area contributed by atoms with Crippen LogP contribution in [-0.2, 0) is 0 Å². The molecule has 0 spiro atoms. The molecule has 0 aromatic rings. The van der Waals surface area contributed by atoms with E-state index < -0.39 is 0 Å². The molecule has 2 N–H and O–H groups in total. The molecule has 0 amide bonds. The Bertz CT molecular complexity index is 121. The average Bonchev–Trinajstić information content (AvgIpc) is 1.80. The molecule has 0 bridgehead atoms. The van der Waals surface area contributed by atoms with E-state index in [2.05, 4.69) is 6.58 Å². The van der Waals surface area contributed by atoms with Crippen molar-refractivity contribution in [1.82, 2.24) is 0 Å². The predicted molar refractivity (Wildman–Crippen MR) is 42.1 cm³/mol. The Morgan fingerprint density at radius 1 is 1.33 bits per heavy atom. The summed E-state index contributed by atoms with van der Waals surface area (Å²) >= 11 is 0. The van der Waals surface area contributed by atoms with Crippen LogP contribution >= 0.6 is 0 Å². The summed E-state index contributed by atoms with van der Waals surface area (Å²) in [4.78, 5) is 0. The molecule has 0 saturated carbocycles. The van der Waals surface area contributed by atoms with Crippen molar-refractivity contribution in [2.45, 2.75) is 13.0 Å². The van der Waals surface area contributed by atoms with Crippen LogP contribution in [0.1, 0.15) is 6.92 Å². The summed E-state index contributed by atoms with van der Waals surface area (Å²) in [6.45, 7) is 5.45. The van der Waals surface area contributed by atoms with E-state index in [1.807, 2.05) is 31.2 Å². The van der Waals surface area contributed by atoms with Gasteiger partial charge in [0.25, 0.3) is 0 Å². The van der Waals surface area contributed by atoms with Crippen molar-refractivity contribution in [3.05, 3.63) is 37.0 Å². The van der Waals surface area contributed by atoms with Crippen LogP contribution in [0.4, 0.5) is 0 Å². The fourth-order valence-electron chi connectivity index (χ4n) is 0.382. The van der Waals surface area contributed by atoms with Gasteiger partial charge in [-0.05, 0) is 6.92 Å². The smallest absolute Gasteiger partial charge is 0.0197 e. The average molecular weight is 123 g/mol. The van der Waals surface area contributed by atoms with Crippen molar-refractivity contribution in [2.24, 2.45) is 5.73 Å². The van der Waals surface area contributed by atoms with E-state index in [0.717, 1.165) is 0 Å². The van der Waals surface area contributed by atoms with Crippen LogP contribution in [0.5, 0.6) is 0 Å². The second kappa shape index (κ2) is 5.32. The normalized spacial score (nSPS) is 14.9. The number of hydrogen-bond donors (Lipinski definition) is 1. The van der Waals surface area contributed by atoms with Gasteiger partial charge in [0.15, 0.2) is 0 Å². The zero-order valence-electron chi connectivity index (χ0n) is 5.75. The molecule has 1 heteroatoms. The Kier molecular flexibility index (Phi) is 4.83. The standard InChI is InChI=1S/C8H13N/c1-3-4-5-6-7-8(2)9/h3-8H,1,9H2,2H3/b5-4+,7-6+. The first-order valence-corrected chi connectivity index (χ1v) is 2.99. The Balaban J connectivity index is 3.46. The first kappa shape index (κ1) is 8.18. The SMILES string of the molecule is C=C/C=C/C=C/C(C)N. The van der Waals surface area contributed by atoms with Crippen LogP contribution in [0.15, 0.2) is 37.0 Å². The molecule has 0 aliphatic carbocycles. The van der Waals surface area contributed by atoms with E-state index in [-0.39, 0.29) is 6.04 Å². The maximum absolute atomic E-state index is 5.43. The highest BCUT2D eigenvalue weighted by Gasteiger charge is 1.77. The minimum absolute atomic E-state index is 0.138. The van der Waals surface area contributed by atoms with Crippen molar-refractivity contribution in [2.75, 3.05) is 0 Å². The van der Waals surface area contributed by atoms with E-state index >= 15 is 0 Å². The van der Waals surface area contributed by atoms with E-state index in [4.69, 9.17) is 5.73 Å². The summed E-state index contributed by atoms with van der Waals surface area (Å²) in [5.74, 6) is 0. The summed E-state index contributed by atoms with van der Waals surface area (Å²) < 4.78 is 0. The third kappa shape index (κ3) is 7.18. The van der Waals surface area contributed by atoms with E-state index in [1.54, 1.807) is 6.08 Å². The fraction of sp³-hybridized carbons (Fsp3) is 0.250. The first-order valence-electron chi connectivity index (χ1n) is 2.99. The largest absolute Gasteiger partial charge is 0.325 e. The molecule has 0 saturated heterocycles. The molecular weight excluding hydrogens is 110 g/mol. The highest BCUT2D eigenvalue weighted by atomic mass is 14.6. The van der Waals surface area contributed by atoms with Gasteiger partial charge in [-0.3, -0.25) is 0 Å².